The van der Waals surface area contributed by atoms with Crippen LogP contribution in [0.4, 0.5) is 0 Å². The molecule has 0 bridgehead atoms. The molecule has 2 rings (SSSR count). The molecule has 0 aliphatic rings. The zero-order chi connectivity index (χ0) is 17.4. The van der Waals surface area contributed by atoms with Crippen molar-refractivity contribution in [3.8, 4) is 5.75 Å². The van der Waals surface area contributed by atoms with Crippen LogP contribution in [0.3, 0.4) is 0 Å². The molecule has 2 aromatic rings. The molecule has 0 aliphatic carbocycles. The van der Waals surface area contributed by atoms with E-state index in [2.05, 4.69) is 5.73 Å². The van der Waals surface area contributed by atoms with Gasteiger partial charge < -0.3 is 20.1 Å². The molecule has 4 nitrogen and oxygen atoms in total. The summed E-state index contributed by atoms with van der Waals surface area (Å²) in [6.07, 6.45) is 1.36. The van der Waals surface area contributed by atoms with E-state index in [1.165, 1.54) is 11.3 Å². The average Bonchev–Trinajstić information content (AvgIpc) is 3.10. The van der Waals surface area contributed by atoms with Crippen molar-refractivity contribution in [1.82, 2.24) is 0 Å². The van der Waals surface area contributed by atoms with Gasteiger partial charge in [-0.05, 0) is 40.8 Å². The zero-order valence-electron chi connectivity index (χ0n) is 13.6. The summed E-state index contributed by atoms with van der Waals surface area (Å²) in [5.41, 5.74) is 4.71. The molecular weight excluding hydrogens is 324 g/mol. The Hall–Kier alpha value is -1.88. The number of hydrogen-bond donors (Lipinski definition) is 3. The fourth-order valence-corrected chi connectivity index (χ4v) is 3.01. The maximum atomic E-state index is 10.2. The Labute approximate surface area is 146 Å². The molecule has 0 unspecified atom stereocenters. The number of benzene rings is 1. The highest BCUT2D eigenvalue weighted by Crippen LogP contribution is 2.25. The van der Waals surface area contributed by atoms with E-state index in [9.17, 15) is 15.3 Å². The average molecular weight is 346 g/mol. The first kappa shape index (κ1) is 18.5. The van der Waals surface area contributed by atoms with Gasteiger partial charge in [-0.15, -0.1) is 17.1 Å². The van der Waals surface area contributed by atoms with Gasteiger partial charge in [-0.3, -0.25) is 0 Å². The van der Waals surface area contributed by atoms with E-state index in [1.807, 2.05) is 17.5 Å². The van der Waals surface area contributed by atoms with Gasteiger partial charge in [-0.25, -0.2) is 0 Å². The van der Waals surface area contributed by atoms with Crippen LogP contribution < -0.4 is 0 Å². The molecule has 0 amide bonds. The summed E-state index contributed by atoms with van der Waals surface area (Å²) in [4.78, 5) is 0.912. The molecule has 0 aliphatic heterocycles. The third-order valence-electron chi connectivity index (χ3n) is 3.56. The largest absolute Gasteiger partial charge is 0.508 e. The van der Waals surface area contributed by atoms with Crippen LogP contribution in [0, 0.1) is 0 Å². The van der Waals surface area contributed by atoms with Gasteiger partial charge >= 0.3 is 0 Å². The van der Waals surface area contributed by atoms with E-state index >= 15 is 0 Å². The van der Waals surface area contributed by atoms with Gasteiger partial charge in [0.05, 0.1) is 18.8 Å². The summed E-state index contributed by atoms with van der Waals surface area (Å²) in [7, 11) is 1.60. The Balaban J connectivity index is 2.00. The van der Waals surface area contributed by atoms with Crippen molar-refractivity contribution < 1.29 is 20.1 Å². The minimum Gasteiger partial charge on any atom is -0.508 e. The Kier molecular flexibility index (Phi) is 7.25. The Morgan fingerprint density at radius 2 is 1.96 bits per heavy atom. The highest BCUT2D eigenvalue weighted by Gasteiger charge is 2.11. The summed E-state index contributed by atoms with van der Waals surface area (Å²) < 4.78 is 5.16. The zero-order valence-corrected chi connectivity index (χ0v) is 14.4. The number of hydrogen-bond acceptors (Lipinski definition) is 5. The van der Waals surface area contributed by atoms with Crippen LogP contribution in [0.2, 0.25) is 0 Å². The van der Waals surface area contributed by atoms with E-state index < -0.39 is 12.2 Å². The van der Waals surface area contributed by atoms with Crippen LogP contribution >= 0.6 is 11.3 Å². The Bertz CT molecular complexity index is 670. The topological polar surface area (TPSA) is 69.9 Å². The number of methoxy groups -OCH3 is 1. The molecule has 128 valence electrons. The van der Waals surface area contributed by atoms with Gasteiger partial charge in [0, 0.05) is 24.8 Å². The van der Waals surface area contributed by atoms with Crippen LogP contribution in [0.25, 0.3) is 0 Å². The summed E-state index contributed by atoms with van der Waals surface area (Å²) in [6.45, 7) is 0.383. The Morgan fingerprint density at radius 3 is 2.58 bits per heavy atom. The lowest BCUT2D eigenvalue weighted by Crippen LogP contribution is -2.01. The van der Waals surface area contributed by atoms with Crippen LogP contribution in [0.5, 0.6) is 5.75 Å². The van der Waals surface area contributed by atoms with Gasteiger partial charge in [-0.2, -0.15) is 0 Å². The molecule has 1 aromatic carbocycles. The number of aromatic hydroxyl groups is 1. The number of aliphatic hydroxyl groups excluding tert-OH is 2. The van der Waals surface area contributed by atoms with Crippen molar-refractivity contribution in [3.05, 3.63) is 69.6 Å². The van der Waals surface area contributed by atoms with Crippen molar-refractivity contribution in [2.24, 2.45) is 0 Å². The first-order valence-corrected chi connectivity index (χ1v) is 8.58. The van der Waals surface area contributed by atoms with E-state index in [4.69, 9.17) is 4.74 Å². The van der Waals surface area contributed by atoms with E-state index in [0.29, 0.717) is 19.4 Å². The minimum absolute atomic E-state index is 0.173. The fraction of sp³-hybridized carbons (Fsp3) is 0.316. The second-order valence-corrected chi connectivity index (χ2v) is 6.44. The quantitative estimate of drug-likeness (QED) is 0.637. The summed E-state index contributed by atoms with van der Waals surface area (Å²) in [5.74, 6) is 0.173. The summed E-state index contributed by atoms with van der Waals surface area (Å²) in [5, 5.41) is 31.6. The van der Waals surface area contributed by atoms with Crippen LogP contribution in [0.1, 0.15) is 35.5 Å². The van der Waals surface area contributed by atoms with Crippen molar-refractivity contribution in [2.45, 2.75) is 25.0 Å². The van der Waals surface area contributed by atoms with E-state index in [0.717, 1.165) is 16.0 Å². The maximum absolute atomic E-state index is 10.2. The SMILES string of the molecule is COCC(=C=CC[C@@H](O)c1ccc(O)cc1)C[C@@H](O)c1cccs1. The predicted octanol–water partition coefficient (Wildman–Crippen LogP) is 3.73. The second-order valence-electron chi connectivity index (χ2n) is 5.46. The molecule has 0 saturated carbocycles. The fourth-order valence-electron chi connectivity index (χ4n) is 2.30. The Morgan fingerprint density at radius 1 is 1.21 bits per heavy atom. The molecule has 0 fully saturated rings. The second kappa shape index (κ2) is 9.42. The summed E-state index contributed by atoms with van der Waals surface area (Å²) in [6, 6.07) is 10.3. The normalized spacial score (nSPS) is 13.1. The molecule has 24 heavy (non-hydrogen) atoms. The van der Waals surface area contributed by atoms with E-state index in [1.54, 1.807) is 37.5 Å². The van der Waals surface area contributed by atoms with Crippen LogP contribution in [-0.2, 0) is 4.74 Å². The van der Waals surface area contributed by atoms with Gasteiger partial charge in [0.2, 0.25) is 0 Å². The molecule has 0 radical (unpaired) electrons. The number of rotatable bonds is 8. The molecule has 1 aromatic heterocycles. The first-order valence-electron chi connectivity index (χ1n) is 7.70. The lowest BCUT2D eigenvalue weighted by molar-refractivity contribution is 0.167. The molecule has 2 atom stereocenters. The first-order chi connectivity index (χ1) is 11.6. The standard InChI is InChI=1S/C19H22O4S/c1-23-13-14(12-18(22)19-6-3-11-24-19)4-2-5-17(21)15-7-9-16(20)10-8-15/h2-3,6-11,17-18,20-22H,5,12-13H2,1H3/t4?,17-,18-/m1/s1. The van der Waals surface area contributed by atoms with Gasteiger partial charge in [0.15, 0.2) is 0 Å². The minimum atomic E-state index is -0.663. The number of phenolic OH excluding ortho intramolecular Hbond substituents is 1. The van der Waals surface area contributed by atoms with Crippen molar-refractivity contribution in [3.63, 3.8) is 0 Å². The smallest absolute Gasteiger partial charge is 0.115 e. The van der Waals surface area contributed by atoms with Crippen molar-refractivity contribution in [2.75, 3.05) is 13.7 Å². The van der Waals surface area contributed by atoms with Gasteiger partial charge in [0.25, 0.3) is 0 Å². The number of thiophene rings is 1. The molecule has 0 saturated heterocycles. The monoisotopic (exact) mass is 346 g/mol. The maximum Gasteiger partial charge on any atom is 0.115 e. The third kappa shape index (κ3) is 5.64. The number of aliphatic hydroxyl groups is 2. The lowest BCUT2D eigenvalue weighted by Gasteiger charge is -2.10. The van der Waals surface area contributed by atoms with Crippen LogP contribution in [0.15, 0.2) is 59.2 Å². The summed E-state index contributed by atoms with van der Waals surface area (Å²) >= 11 is 1.52. The van der Waals surface area contributed by atoms with Crippen molar-refractivity contribution >= 4 is 11.3 Å². The molecule has 0 spiro atoms. The number of ether oxygens (including phenoxy) is 1. The van der Waals surface area contributed by atoms with Crippen molar-refractivity contribution in [1.29, 1.82) is 0 Å². The molecule has 3 N–H and O–H groups in total. The molecular formula is C19H22O4S. The highest BCUT2D eigenvalue weighted by molar-refractivity contribution is 7.10. The molecule has 1 heterocycles. The predicted molar refractivity (Wildman–Crippen MR) is 95.1 cm³/mol. The molecule has 5 heteroatoms. The van der Waals surface area contributed by atoms with Gasteiger partial charge in [-0.1, -0.05) is 18.2 Å². The number of phenols is 1. The van der Waals surface area contributed by atoms with E-state index in [-0.39, 0.29) is 5.75 Å². The van der Waals surface area contributed by atoms with Gasteiger partial charge in [0.1, 0.15) is 5.75 Å². The third-order valence-corrected chi connectivity index (χ3v) is 4.53. The van der Waals surface area contributed by atoms with Crippen LogP contribution in [-0.4, -0.2) is 29.0 Å². The lowest BCUT2D eigenvalue weighted by atomic mass is 10.1. The highest BCUT2D eigenvalue weighted by atomic mass is 32.1.